The van der Waals surface area contributed by atoms with Crippen molar-refractivity contribution in [3.63, 3.8) is 0 Å². The second-order valence-corrected chi connectivity index (χ2v) is 6.66. The third-order valence-corrected chi connectivity index (χ3v) is 5.13. The highest BCUT2D eigenvalue weighted by molar-refractivity contribution is 8.93. The Labute approximate surface area is 148 Å². The number of benzene rings is 1. The molecule has 1 aromatic rings. The summed E-state index contributed by atoms with van der Waals surface area (Å²) in [7, 11) is -3.38. The van der Waals surface area contributed by atoms with Crippen LogP contribution in [0, 0.1) is 6.92 Å². The summed E-state index contributed by atoms with van der Waals surface area (Å²) in [5.41, 5.74) is 1.06. The number of halogens is 2. The van der Waals surface area contributed by atoms with Gasteiger partial charge >= 0.3 is 0 Å². The Morgan fingerprint density at radius 2 is 1.38 bits per heavy atom. The molecule has 0 radical (unpaired) electrons. The molecular weight excluding hydrogens is 422 g/mol. The summed E-state index contributed by atoms with van der Waals surface area (Å²) in [6, 6.07) is 7.02. The van der Waals surface area contributed by atoms with Gasteiger partial charge in [-0.2, -0.15) is 4.31 Å². The van der Waals surface area contributed by atoms with E-state index in [0.717, 1.165) is 18.7 Å². The quantitative estimate of drug-likeness (QED) is 0.722. The zero-order chi connectivity index (χ0) is 13.7. The van der Waals surface area contributed by atoms with Crippen LogP contribution in [-0.4, -0.2) is 52.0 Å². The molecule has 1 aromatic carbocycles. The maximum Gasteiger partial charge on any atom is 0.243 e. The van der Waals surface area contributed by atoms with Gasteiger partial charge in [-0.3, -0.25) is 0 Å². The highest BCUT2D eigenvalue weighted by atomic mass is 79.9. The summed E-state index contributed by atoms with van der Waals surface area (Å²) < 4.78 is 26.6. The standard InChI is InChI=1S/C13H21N3O2S.2BrH/c1-12-2-4-13(5-3-12)19(17,18)16-10-8-14-6-7-15-9-11-16;;/h2-5,14-15H,6-11H2,1H3;2*1H. The number of hydrogen-bond donors (Lipinski definition) is 2. The average Bonchev–Trinajstić information content (AvgIpc) is 2.52. The maximum absolute atomic E-state index is 12.5. The highest BCUT2D eigenvalue weighted by Crippen LogP contribution is 2.15. The fourth-order valence-electron chi connectivity index (χ4n) is 2.05. The normalized spacial score (nSPS) is 17.6. The van der Waals surface area contributed by atoms with Crippen molar-refractivity contribution < 1.29 is 8.42 Å². The van der Waals surface area contributed by atoms with Crippen LogP contribution in [0.2, 0.25) is 0 Å². The van der Waals surface area contributed by atoms with Crippen molar-refractivity contribution >= 4 is 44.0 Å². The topological polar surface area (TPSA) is 61.4 Å². The number of nitrogens with one attached hydrogen (secondary N) is 2. The second-order valence-electron chi connectivity index (χ2n) is 4.72. The molecule has 0 bridgehead atoms. The molecule has 0 unspecified atom stereocenters. The van der Waals surface area contributed by atoms with Crippen LogP contribution in [0.3, 0.4) is 0 Å². The lowest BCUT2D eigenvalue weighted by Gasteiger charge is -2.21. The van der Waals surface area contributed by atoms with Gasteiger partial charge in [-0.1, -0.05) is 17.7 Å². The first-order chi connectivity index (χ1) is 9.10. The van der Waals surface area contributed by atoms with E-state index in [0.29, 0.717) is 31.1 Å². The van der Waals surface area contributed by atoms with E-state index in [9.17, 15) is 8.42 Å². The third kappa shape index (κ3) is 5.96. The van der Waals surface area contributed by atoms with Crippen LogP contribution < -0.4 is 10.6 Å². The van der Waals surface area contributed by atoms with E-state index in [1.165, 1.54) is 0 Å². The van der Waals surface area contributed by atoms with Gasteiger partial charge in [-0.25, -0.2) is 8.42 Å². The van der Waals surface area contributed by atoms with E-state index in [-0.39, 0.29) is 34.0 Å². The molecule has 0 aliphatic carbocycles. The second kappa shape index (κ2) is 9.91. The van der Waals surface area contributed by atoms with E-state index < -0.39 is 10.0 Å². The molecule has 21 heavy (non-hydrogen) atoms. The molecule has 0 atom stereocenters. The van der Waals surface area contributed by atoms with Crippen LogP contribution in [0.4, 0.5) is 0 Å². The summed E-state index contributed by atoms with van der Waals surface area (Å²) in [6.45, 7) is 6.09. The van der Waals surface area contributed by atoms with Gasteiger partial charge in [-0.15, -0.1) is 34.0 Å². The lowest BCUT2D eigenvalue weighted by atomic mass is 10.2. The van der Waals surface area contributed by atoms with E-state index in [4.69, 9.17) is 0 Å². The molecule has 2 N–H and O–H groups in total. The number of hydrogen-bond acceptors (Lipinski definition) is 4. The molecule has 1 fully saturated rings. The fraction of sp³-hybridized carbons (Fsp3) is 0.538. The number of sulfonamides is 1. The molecule has 5 nitrogen and oxygen atoms in total. The molecule has 0 aromatic heterocycles. The van der Waals surface area contributed by atoms with E-state index >= 15 is 0 Å². The van der Waals surface area contributed by atoms with Gasteiger partial charge in [0.15, 0.2) is 0 Å². The zero-order valence-electron chi connectivity index (χ0n) is 12.0. The molecule has 122 valence electrons. The summed E-state index contributed by atoms with van der Waals surface area (Å²) >= 11 is 0. The average molecular weight is 445 g/mol. The number of aryl methyl sites for hydroxylation is 1. The van der Waals surface area contributed by atoms with Crippen molar-refractivity contribution in [3.8, 4) is 0 Å². The van der Waals surface area contributed by atoms with Crippen molar-refractivity contribution in [2.75, 3.05) is 39.3 Å². The van der Waals surface area contributed by atoms with Crippen molar-refractivity contribution in [1.82, 2.24) is 14.9 Å². The molecule has 0 amide bonds. The Hall–Kier alpha value is 0.01000. The fourth-order valence-corrected chi connectivity index (χ4v) is 3.49. The summed E-state index contributed by atoms with van der Waals surface area (Å²) in [5.74, 6) is 0. The van der Waals surface area contributed by atoms with Crippen LogP contribution in [0.25, 0.3) is 0 Å². The van der Waals surface area contributed by atoms with Crippen LogP contribution in [0.15, 0.2) is 29.2 Å². The maximum atomic E-state index is 12.5. The zero-order valence-corrected chi connectivity index (χ0v) is 16.3. The van der Waals surface area contributed by atoms with Gasteiger partial charge in [0.2, 0.25) is 10.0 Å². The van der Waals surface area contributed by atoms with E-state index in [1.807, 2.05) is 19.1 Å². The molecule has 1 aliphatic rings. The number of nitrogens with zero attached hydrogens (tertiary/aromatic N) is 1. The minimum atomic E-state index is -3.38. The van der Waals surface area contributed by atoms with Gasteiger partial charge in [0.05, 0.1) is 4.90 Å². The molecule has 0 saturated carbocycles. The molecular formula is C13H23Br2N3O2S. The molecule has 8 heteroatoms. The van der Waals surface area contributed by atoms with Crippen LogP contribution in [0.1, 0.15) is 5.56 Å². The predicted octanol–water partition coefficient (Wildman–Crippen LogP) is 1.33. The van der Waals surface area contributed by atoms with E-state index in [1.54, 1.807) is 16.4 Å². The minimum absolute atomic E-state index is 0. The van der Waals surface area contributed by atoms with Crippen LogP contribution in [0.5, 0.6) is 0 Å². The third-order valence-electron chi connectivity index (χ3n) is 3.21. The van der Waals surface area contributed by atoms with Crippen molar-refractivity contribution in [1.29, 1.82) is 0 Å². The minimum Gasteiger partial charge on any atom is -0.314 e. The molecule has 0 spiro atoms. The summed E-state index contributed by atoms with van der Waals surface area (Å²) in [6.07, 6.45) is 0. The first-order valence-corrected chi connectivity index (χ1v) is 8.03. The SMILES string of the molecule is Br.Br.Cc1ccc(S(=O)(=O)N2CCNCCNCC2)cc1. The predicted molar refractivity (Wildman–Crippen MR) is 96.3 cm³/mol. The summed E-state index contributed by atoms with van der Waals surface area (Å²) in [4.78, 5) is 0.373. The van der Waals surface area contributed by atoms with Gasteiger partial charge < -0.3 is 10.6 Å². The van der Waals surface area contributed by atoms with Gasteiger partial charge in [0.25, 0.3) is 0 Å². The Balaban J connectivity index is 0.00000200. The van der Waals surface area contributed by atoms with E-state index in [2.05, 4.69) is 10.6 Å². The lowest BCUT2D eigenvalue weighted by Crippen LogP contribution is -2.38. The van der Waals surface area contributed by atoms with Crippen LogP contribution in [-0.2, 0) is 10.0 Å². The first kappa shape index (κ1) is 21.0. The number of rotatable bonds is 2. The molecule has 1 saturated heterocycles. The Morgan fingerprint density at radius 3 is 1.86 bits per heavy atom. The highest BCUT2D eigenvalue weighted by Gasteiger charge is 2.23. The Kier molecular flexibility index (Phi) is 9.92. The molecule has 2 rings (SSSR count). The van der Waals surface area contributed by atoms with Crippen molar-refractivity contribution in [3.05, 3.63) is 29.8 Å². The van der Waals surface area contributed by atoms with Crippen LogP contribution >= 0.6 is 34.0 Å². The molecule has 1 heterocycles. The lowest BCUT2D eigenvalue weighted by molar-refractivity contribution is 0.414. The monoisotopic (exact) mass is 443 g/mol. The first-order valence-electron chi connectivity index (χ1n) is 6.59. The van der Waals surface area contributed by atoms with Crippen molar-refractivity contribution in [2.24, 2.45) is 0 Å². The smallest absolute Gasteiger partial charge is 0.243 e. The largest absolute Gasteiger partial charge is 0.314 e. The molecule has 1 aliphatic heterocycles. The van der Waals surface area contributed by atoms with Gasteiger partial charge in [0.1, 0.15) is 0 Å². The van der Waals surface area contributed by atoms with Crippen molar-refractivity contribution in [2.45, 2.75) is 11.8 Å². The van der Waals surface area contributed by atoms with Gasteiger partial charge in [0, 0.05) is 39.3 Å². The summed E-state index contributed by atoms with van der Waals surface area (Å²) in [5, 5.41) is 6.44. The van der Waals surface area contributed by atoms with Gasteiger partial charge in [-0.05, 0) is 19.1 Å². The Morgan fingerprint density at radius 1 is 0.905 bits per heavy atom. The Bertz CT molecular complexity index is 499.